The SMILES string of the molecule is Cc1cc(C=N)cc(C(N)=O)c1. The van der Waals surface area contributed by atoms with Crippen molar-refractivity contribution in [2.75, 3.05) is 0 Å². The molecule has 0 aliphatic carbocycles. The molecular formula is C9H10N2O. The molecule has 0 aromatic heterocycles. The molecule has 0 unspecified atom stereocenters. The number of carbonyl (C=O) groups is 1. The first-order valence-corrected chi connectivity index (χ1v) is 3.55. The number of amides is 1. The number of hydrogen-bond donors (Lipinski definition) is 2. The molecule has 0 atom stereocenters. The second-order valence-electron chi connectivity index (χ2n) is 2.64. The molecule has 62 valence electrons. The molecule has 0 aliphatic heterocycles. The molecule has 3 N–H and O–H groups in total. The number of nitrogens with two attached hydrogens (primary N) is 1. The van der Waals surface area contributed by atoms with Gasteiger partial charge in [0.2, 0.25) is 5.91 Å². The van der Waals surface area contributed by atoms with Gasteiger partial charge in [-0.15, -0.1) is 0 Å². The second kappa shape index (κ2) is 3.17. The first kappa shape index (κ1) is 8.46. The van der Waals surface area contributed by atoms with Crippen molar-refractivity contribution in [1.29, 1.82) is 5.41 Å². The Morgan fingerprint density at radius 1 is 1.50 bits per heavy atom. The zero-order valence-electron chi connectivity index (χ0n) is 6.79. The van der Waals surface area contributed by atoms with E-state index in [1.54, 1.807) is 12.1 Å². The molecule has 3 nitrogen and oxygen atoms in total. The molecule has 0 spiro atoms. The predicted octanol–water partition coefficient (Wildman–Crippen LogP) is 1.09. The lowest BCUT2D eigenvalue weighted by Gasteiger charge is -1.99. The van der Waals surface area contributed by atoms with Gasteiger partial charge in [-0.3, -0.25) is 4.79 Å². The van der Waals surface area contributed by atoms with Crippen LogP contribution in [-0.2, 0) is 0 Å². The van der Waals surface area contributed by atoms with Gasteiger partial charge in [0.05, 0.1) is 0 Å². The summed E-state index contributed by atoms with van der Waals surface area (Å²) in [4.78, 5) is 10.8. The van der Waals surface area contributed by atoms with Crippen LogP contribution in [0.1, 0.15) is 21.5 Å². The summed E-state index contributed by atoms with van der Waals surface area (Å²) < 4.78 is 0. The van der Waals surface area contributed by atoms with Crippen LogP contribution in [0.25, 0.3) is 0 Å². The number of aryl methyl sites for hydroxylation is 1. The van der Waals surface area contributed by atoms with Crippen molar-refractivity contribution in [3.8, 4) is 0 Å². The Balaban J connectivity index is 3.23. The van der Waals surface area contributed by atoms with Crippen LogP contribution in [0.2, 0.25) is 0 Å². The largest absolute Gasteiger partial charge is 0.366 e. The van der Waals surface area contributed by atoms with Crippen molar-refractivity contribution >= 4 is 12.1 Å². The highest BCUT2D eigenvalue weighted by molar-refractivity contribution is 5.94. The minimum Gasteiger partial charge on any atom is -0.366 e. The lowest BCUT2D eigenvalue weighted by atomic mass is 10.1. The molecule has 0 fully saturated rings. The first-order chi connectivity index (χ1) is 5.63. The summed E-state index contributed by atoms with van der Waals surface area (Å²) in [6.07, 6.45) is 1.19. The maximum Gasteiger partial charge on any atom is 0.248 e. The maximum absolute atomic E-state index is 10.8. The standard InChI is InChI=1S/C9H10N2O/c1-6-2-7(5-10)4-8(3-6)9(11)12/h2-5,10H,1H3,(H2,11,12). The maximum atomic E-state index is 10.8. The third-order valence-electron chi connectivity index (χ3n) is 1.55. The van der Waals surface area contributed by atoms with E-state index in [2.05, 4.69) is 0 Å². The topological polar surface area (TPSA) is 66.9 Å². The van der Waals surface area contributed by atoms with E-state index in [1.165, 1.54) is 6.21 Å². The van der Waals surface area contributed by atoms with Crippen molar-refractivity contribution in [2.45, 2.75) is 6.92 Å². The Labute approximate surface area is 70.7 Å². The van der Waals surface area contributed by atoms with Crippen LogP contribution in [-0.4, -0.2) is 12.1 Å². The number of rotatable bonds is 2. The highest BCUT2D eigenvalue weighted by Gasteiger charge is 2.01. The summed E-state index contributed by atoms with van der Waals surface area (Å²) >= 11 is 0. The molecule has 0 aliphatic rings. The summed E-state index contributed by atoms with van der Waals surface area (Å²) in [5.74, 6) is -0.457. The summed E-state index contributed by atoms with van der Waals surface area (Å²) in [7, 11) is 0. The summed E-state index contributed by atoms with van der Waals surface area (Å²) in [5, 5.41) is 7.00. The number of carbonyl (C=O) groups excluding carboxylic acids is 1. The minimum atomic E-state index is -0.457. The predicted molar refractivity (Wildman–Crippen MR) is 47.6 cm³/mol. The molecule has 1 rings (SSSR count). The van der Waals surface area contributed by atoms with E-state index in [-0.39, 0.29) is 0 Å². The van der Waals surface area contributed by atoms with E-state index in [4.69, 9.17) is 11.1 Å². The lowest BCUT2D eigenvalue weighted by molar-refractivity contribution is 0.1000. The van der Waals surface area contributed by atoms with E-state index in [0.29, 0.717) is 11.1 Å². The van der Waals surface area contributed by atoms with Crippen molar-refractivity contribution in [3.63, 3.8) is 0 Å². The van der Waals surface area contributed by atoms with Crippen LogP contribution in [0.15, 0.2) is 18.2 Å². The van der Waals surface area contributed by atoms with E-state index in [1.807, 2.05) is 13.0 Å². The fourth-order valence-electron chi connectivity index (χ4n) is 1.04. The van der Waals surface area contributed by atoms with Gasteiger partial charge in [0.15, 0.2) is 0 Å². The van der Waals surface area contributed by atoms with Gasteiger partial charge in [-0.2, -0.15) is 0 Å². The molecule has 3 heteroatoms. The molecule has 12 heavy (non-hydrogen) atoms. The van der Waals surface area contributed by atoms with Gasteiger partial charge < -0.3 is 11.1 Å². The van der Waals surface area contributed by atoms with Gasteiger partial charge in [-0.05, 0) is 30.2 Å². The molecule has 0 radical (unpaired) electrons. The summed E-state index contributed by atoms with van der Waals surface area (Å²) in [6, 6.07) is 5.12. The lowest BCUT2D eigenvalue weighted by Crippen LogP contribution is -2.11. The first-order valence-electron chi connectivity index (χ1n) is 3.55. The van der Waals surface area contributed by atoms with Crippen LogP contribution in [0, 0.1) is 12.3 Å². The zero-order valence-corrected chi connectivity index (χ0v) is 6.79. The Morgan fingerprint density at radius 2 is 2.17 bits per heavy atom. The molecule has 1 amide bonds. The third-order valence-corrected chi connectivity index (χ3v) is 1.55. The van der Waals surface area contributed by atoms with E-state index >= 15 is 0 Å². The number of primary amides is 1. The Hall–Kier alpha value is -1.64. The van der Waals surface area contributed by atoms with E-state index in [9.17, 15) is 4.79 Å². The van der Waals surface area contributed by atoms with Gasteiger partial charge in [-0.25, -0.2) is 0 Å². The van der Waals surface area contributed by atoms with Crippen molar-refractivity contribution < 1.29 is 4.79 Å². The number of benzene rings is 1. The average molecular weight is 162 g/mol. The molecule has 0 saturated carbocycles. The normalized spacial score (nSPS) is 9.42. The molecule has 0 saturated heterocycles. The number of nitrogens with one attached hydrogen (secondary N) is 1. The fraction of sp³-hybridized carbons (Fsp3) is 0.111. The van der Waals surface area contributed by atoms with Crippen molar-refractivity contribution in [2.24, 2.45) is 5.73 Å². The molecule has 1 aromatic rings. The van der Waals surface area contributed by atoms with Crippen molar-refractivity contribution in [3.05, 3.63) is 34.9 Å². The van der Waals surface area contributed by atoms with Crippen LogP contribution < -0.4 is 5.73 Å². The van der Waals surface area contributed by atoms with Crippen LogP contribution >= 0.6 is 0 Å². The van der Waals surface area contributed by atoms with Gasteiger partial charge in [0.25, 0.3) is 0 Å². The van der Waals surface area contributed by atoms with Gasteiger partial charge in [0.1, 0.15) is 0 Å². The quantitative estimate of drug-likeness (QED) is 0.628. The summed E-state index contributed by atoms with van der Waals surface area (Å²) in [6.45, 7) is 1.86. The second-order valence-corrected chi connectivity index (χ2v) is 2.64. The van der Waals surface area contributed by atoms with Crippen LogP contribution in [0.4, 0.5) is 0 Å². The fourth-order valence-corrected chi connectivity index (χ4v) is 1.04. The molecular weight excluding hydrogens is 152 g/mol. The molecule has 0 bridgehead atoms. The monoisotopic (exact) mass is 162 g/mol. The van der Waals surface area contributed by atoms with E-state index in [0.717, 1.165) is 5.56 Å². The smallest absolute Gasteiger partial charge is 0.248 e. The zero-order chi connectivity index (χ0) is 9.14. The van der Waals surface area contributed by atoms with Gasteiger partial charge in [-0.1, -0.05) is 6.07 Å². The Bertz CT molecular complexity index is 331. The molecule has 0 heterocycles. The Morgan fingerprint density at radius 3 is 2.67 bits per heavy atom. The van der Waals surface area contributed by atoms with Crippen LogP contribution in [0.5, 0.6) is 0 Å². The Kier molecular flexibility index (Phi) is 2.24. The van der Waals surface area contributed by atoms with Crippen molar-refractivity contribution in [1.82, 2.24) is 0 Å². The number of hydrogen-bond acceptors (Lipinski definition) is 2. The van der Waals surface area contributed by atoms with Gasteiger partial charge >= 0.3 is 0 Å². The molecule has 1 aromatic carbocycles. The average Bonchev–Trinajstić information content (AvgIpc) is 2.03. The van der Waals surface area contributed by atoms with E-state index < -0.39 is 5.91 Å². The minimum absolute atomic E-state index is 0.452. The van der Waals surface area contributed by atoms with Crippen LogP contribution in [0.3, 0.4) is 0 Å². The highest BCUT2D eigenvalue weighted by Crippen LogP contribution is 2.07. The third kappa shape index (κ3) is 1.69. The summed E-state index contributed by atoms with van der Waals surface area (Å²) in [5.41, 5.74) is 7.18. The highest BCUT2D eigenvalue weighted by atomic mass is 16.1. The van der Waals surface area contributed by atoms with Gasteiger partial charge in [0, 0.05) is 11.8 Å².